The number of nitrogens with two attached hydrogens (primary N) is 1. The van der Waals surface area contributed by atoms with Gasteiger partial charge in [-0.25, -0.2) is 0 Å². The first-order valence-electron chi connectivity index (χ1n) is 4.86. The number of rotatable bonds is 5. The van der Waals surface area contributed by atoms with Gasteiger partial charge in [0, 0.05) is 22.3 Å². The molecule has 0 radical (unpaired) electrons. The first kappa shape index (κ1) is 12.4. The van der Waals surface area contributed by atoms with E-state index in [9.17, 15) is 0 Å². The molecule has 0 aliphatic carbocycles. The van der Waals surface area contributed by atoms with Crippen LogP contribution in [0.3, 0.4) is 0 Å². The van der Waals surface area contributed by atoms with Crippen molar-refractivity contribution in [1.82, 2.24) is 0 Å². The Balaban J connectivity index is 3.02. The van der Waals surface area contributed by atoms with Crippen molar-refractivity contribution < 1.29 is 9.84 Å². The molecular formula is C11H17NO2S. The number of methoxy groups -OCH3 is 1. The van der Waals surface area contributed by atoms with E-state index in [0.29, 0.717) is 5.75 Å². The second-order valence-electron chi connectivity index (χ2n) is 3.23. The summed E-state index contributed by atoms with van der Waals surface area (Å²) in [5.41, 5.74) is 6.92. The number of benzene rings is 1. The summed E-state index contributed by atoms with van der Waals surface area (Å²) >= 11 is 1.59. The van der Waals surface area contributed by atoms with E-state index in [-0.39, 0.29) is 12.6 Å². The fourth-order valence-electron chi connectivity index (χ4n) is 1.43. The normalized spacial score (nSPS) is 12.5. The maximum Gasteiger partial charge on any atom is 0.124 e. The summed E-state index contributed by atoms with van der Waals surface area (Å²) in [5.74, 6) is 1.49. The number of hydrogen-bond donors (Lipinski definition) is 2. The van der Waals surface area contributed by atoms with Gasteiger partial charge in [-0.2, -0.15) is 0 Å². The summed E-state index contributed by atoms with van der Waals surface area (Å²) in [6, 6.07) is 5.77. The number of aliphatic hydroxyl groups excluding tert-OH is 1. The summed E-state index contributed by atoms with van der Waals surface area (Å²) in [6.07, 6.45) is 0. The summed E-state index contributed by atoms with van der Waals surface area (Å²) in [5, 5.41) is 8.80. The molecule has 3 nitrogen and oxygen atoms in total. The van der Waals surface area contributed by atoms with Crippen LogP contribution >= 0.6 is 11.8 Å². The van der Waals surface area contributed by atoms with Crippen molar-refractivity contribution in [2.45, 2.75) is 17.9 Å². The highest BCUT2D eigenvalue weighted by Crippen LogP contribution is 2.33. The molecule has 0 unspecified atom stereocenters. The third kappa shape index (κ3) is 3.12. The van der Waals surface area contributed by atoms with E-state index in [4.69, 9.17) is 15.6 Å². The summed E-state index contributed by atoms with van der Waals surface area (Å²) < 4.78 is 5.27. The standard InChI is InChI=1S/C11H17NO2S/c1-8(12)11-9(14-2)4-3-5-10(11)15-7-6-13/h3-5,8,13H,6-7,12H2,1-2H3/t8-/m0/s1. The largest absolute Gasteiger partial charge is 0.496 e. The summed E-state index contributed by atoms with van der Waals surface area (Å²) in [4.78, 5) is 1.08. The van der Waals surface area contributed by atoms with Crippen molar-refractivity contribution in [3.8, 4) is 5.75 Å². The molecule has 1 aromatic carbocycles. The van der Waals surface area contributed by atoms with E-state index in [1.54, 1.807) is 18.9 Å². The molecule has 4 heteroatoms. The lowest BCUT2D eigenvalue weighted by molar-refractivity contribution is 0.322. The minimum absolute atomic E-state index is 0.0673. The van der Waals surface area contributed by atoms with Gasteiger partial charge in [-0.15, -0.1) is 11.8 Å². The van der Waals surface area contributed by atoms with Gasteiger partial charge < -0.3 is 15.6 Å². The molecule has 0 bridgehead atoms. The molecule has 0 saturated carbocycles. The van der Waals surface area contributed by atoms with E-state index < -0.39 is 0 Å². The molecule has 15 heavy (non-hydrogen) atoms. The number of thioether (sulfide) groups is 1. The lowest BCUT2D eigenvalue weighted by atomic mass is 10.1. The smallest absolute Gasteiger partial charge is 0.124 e. The summed E-state index contributed by atoms with van der Waals surface area (Å²) in [6.45, 7) is 2.10. The predicted octanol–water partition coefficient (Wildman–Crippen LogP) is 1.80. The highest BCUT2D eigenvalue weighted by Gasteiger charge is 2.12. The van der Waals surface area contributed by atoms with Crippen LogP contribution in [0.1, 0.15) is 18.5 Å². The zero-order chi connectivity index (χ0) is 11.3. The highest BCUT2D eigenvalue weighted by atomic mass is 32.2. The Hall–Kier alpha value is -0.710. The van der Waals surface area contributed by atoms with Crippen molar-refractivity contribution in [3.63, 3.8) is 0 Å². The van der Waals surface area contributed by atoms with Gasteiger partial charge in [0.15, 0.2) is 0 Å². The predicted molar refractivity (Wildman–Crippen MR) is 63.4 cm³/mol. The molecule has 0 heterocycles. The van der Waals surface area contributed by atoms with E-state index in [1.165, 1.54) is 0 Å². The fraction of sp³-hybridized carbons (Fsp3) is 0.455. The Bertz CT molecular complexity index is 315. The van der Waals surface area contributed by atoms with E-state index in [1.807, 2.05) is 25.1 Å². The van der Waals surface area contributed by atoms with Crippen molar-refractivity contribution >= 4 is 11.8 Å². The van der Waals surface area contributed by atoms with Crippen LogP contribution in [0.25, 0.3) is 0 Å². The third-order valence-electron chi connectivity index (χ3n) is 2.05. The Kier molecular flexibility index (Phi) is 4.94. The topological polar surface area (TPSA) is 55.5 Å². The molecule has 0 aliphatic rings. The van der Waals surface area contributed by atoms with Crippen LogP contribution in [-0.4, -0.2) is 24.6 Å². The van der Waals surface area contributed by atoms with Gasteiger partial charge in [0.2, 0.25) is 0 Å². The maximum absolute atomic E-state index is 8.80. The van der Waals surface area contributed by atoms with Crippen LogP contribution in [0.5, 0.6) is 5.75 Å². The molecule has 0 spiro atoms. The molecular weight excluding hydrogens is 210 g/mol. The van der Waals surface area contributed by atoms with Crippen molar-refractivity contribution in [1.29, 1.82) is 0 Å². The van der Waals surface area contributed by atoms with Crippen LogP contribution in [0.15, 0.2) is 23.1 Å². The SMILES string of the molecule is COc1cccc(SCCO)c1[C@H](C)N. The van der Waals surface area contributed by atoms with Gasteiger partial charge in [0.1, 0.15) is 5.75 Å². The Morgan fingerprint density at radius 1 is 1.53 bits per heavy atom. The van der Waals surface area contributed by atoms with Gasteiger partial charge in [0.25, 0.3) is 0 Å². The van der Waals surface area contributed by atoms with E-state index in [0.717, 1.165) is 16.2 Å². The number of ether oxygens (including phenoxy) is 1. The molecule has 1 aromatic rings. The fourth-order valence-corrected chi connectivity index (χ4v) is 2.36. The van der Waals surface area contributed by atoms with E-state index in [2.05, 4.69) is 0 Å². The second-order valence-corrected chi connectivity index (χ2v) is 4.37. The highest BCUT2D eigenvalue weighted by molar-refractivity contribution is 7.99. The average molecular weight is 227 g/mol. The lowest BCUT2D eigenvalue weighted by Gasteiger charge is -2.15. The second kappa shape index (κ2) is 6.00. The van der Waals surface area contributed by atoms with Crippen LogP contribution < -0.4 is 10.5 Å². The number of hydrogen-bond acceptors (Lipinski definition) is 4. The maximum atomic E-state index is 8.80. The van der Waals surface area contributed by atoms with Crippen LogP contribution in [-0.2, 0) is 0 Å². The molecule has 0 saturated heterocycles. The van der Waals surface area contributed by atoms with Crippen molar-refractivity contribution in [2.24, 2.45) is 5.73 Å². The lowest BCUT2D eigenvalue weighted by Crippen LogP contribution is -2.08. The van der Waals surface area contributed by atoms with Gasteiger partial charge in [-0.1, -0.05) is 6.07 Å². The molecule has 84 valence electrons. The molecule has 0 fully saturated rings. The van der Waals surface area contributed by atoms with Gasteiger partial charge in [0.05, 0.1) is 13.7 Å². The minimum Gasteiger partial charge on any atom is -0.496 e. The monoisotopic (exact) mass is 227 g/mol. The zero-order valence-electron chi connectivity index (χ0n) is 9.06. The molecule has 0 aromatic heterocycles. The first-order valence-corrected chi connectivity index (χ1v) is 5.85. The molecule has 3 N–H and O–H groups in total. The molecule has 0 amide bonds. The van der Waals surface area contributed by atoms with Crippen LogP contribution in [0.2, 0.25) is 0 Å². The van der Waals surface area contributed by atoms with E-state index >= 15 is 0 Å². The Morgan fingerprint density at radius 3 is 2.80 bits per heavy atom. The summed E-state index contributed by atoms with van der Waals surface area (Å²) in [7, 11) is 1.64. The van der Waals surface area contributed by atoms with Crippen LogP contribution in [0, 0.1) is 0 Å². The minimum atomic E-state index is -0.0673. The number of aliphatic hydroxyl groups is 1. The molecule has 1 atom stereocenters. The first-order chi connectivity index (χ1) is 7.20. The van der Waals surface area contributed by atoms with Gasteiger partial charge in [-0.05, 0) is 19.1 Å². The van der Waals surface area contributed by atoms with Crippen molar-refractivity contribution in [3.05, 3.63) is 23.8 Å². The average Bonchev–Trinajstić information content (AvgIpc) is 2.25. The Morgan fingerprint density at radius 2 is 2.27 bits per heavy atom. The Labute approximate surface area is 94.6 Å². The third-order valence-corrected chi connectivity index (χ3v) is 3.10. The molecule has 1 rings (SSSR count). The zero-order valence-corrected chi connectivity index (χ0v) is 9.88. The van der Waals surface area contributed by atoms with Crippen LogP contribution in [0.4, 0.5) is 0 Å². The molecule has 0 aliphatic heterocycles. The van der Waals surface area contributed by atoms with Gasteiger partial charge >= 0.3 is 0 Å². The van der Waals surface area contributed by atoms with Crippen molar-refractivity contribution in [2.75, 3.05) is 19.5 Å². The van der Waals surface area contributed by atoms with Gasteiger partial charge in [-0.3, -0.25) is 0 Å². The quantitative estimate of drug-likeness (QED) is 0.753.